The van der Waals surface area contributed by atoms with Gasteiger partial charge in [0.15, 0.2) is 0 Å². The SMILES string of the molecule is CCNc1nc(CC2CCCCO2)nc2sccc12. The molecule has 1 unspecified atom stereocenters. The molecule has 5 heteroatoms. The molecule has 2 aromatic rings. The number of ether oxygens (including phenoxy) is 1. The van der Waals surface area contributed by atoms with Gasteiger partial charge in [0.1, 0.15) is 16.5 Å². The highest BCUT2D eigenvalue weighted by atomic mass is 32.1. The molecule has 3 heterocycles. The Morgan fingerprint density at radius 1 is 1.42 bits per heavy atom. The van der Waals surface area contributed by atoms with Gasteiger partial charge in [-0.05, 0) is 37.6 Å². The molecule has 1 N–H and O–H groups in total. The second kappa shape index (κ2) is 5.84. The van der Waals surface area contributed by atoms with Crippen LogP contribution in [0.15, 0.2) is 11.4 Å². The third-order valence-corrected chi connectivity index (χ3v) is 4.21. The minimum atomic E-state index is 0.292. The molecule has 1 aliphatic rings. The normalized spacial score (nSPS) is 19.7. The molecule has 0 spiro atoms. The number of thiophene rings is 1. The van der Waals surface area contributed by atoms with Gasteiger partial charge in [-0.3, -0.25) is 0 Å². The summed E-state index contributed by atoms with van der Waals surface area (Å²) in [6.07, 6.45) is 4.69. The van der Waals surface area contributed by atoms with E-state index in [9.17, 15) is 0 Å². The van der Waals surface area contributed by atoms with Crippen molar-refractivity contribution in [3.8, 4) is 0 Å². The van der Waals surface area contributed by atoms with Crippen molar-refractivity contribution < 1.29 is 4.74 Å². The first kappa shape index (κ1) is 12.8. The summed E-state index contributed by atoms with van der Waals surface area (Å²) in [4.78, 5) is 10.4. The summed E-state index contributed by atoms with van der Waals surface area (Å²) in [5, 5.41) is 6.52. The molecule has 0 saturated carbocycles. The van der Waals surface area contributed by atoms with E-state index >= 15 is 0 Å². The number of nitrogens with zero attached hydrogens (tertiary/aromatic N) is 2. The van der Waals surface area contributed by atoms with Gasteiger partial charge in [-0.15, -0.1) is 11.3 Å². The van der Waals surface area contributed by atoms with E-state index in [0.29, 0.717) is 6.10 Å². The largest absolute Gasteiger partial charge is 0.378 e. The van der Waals surface area contributed by atoms with Crippen LogP contribution in [0.5, 0.6) is 0 Å². The molecule has 0 amide bonds. The van der Waals surface area contributed by atoms with E-state index < -0.39 is 0 Å². The lowest BCUT2D eigenvalue weighted by Gasteiger charge is -2.22. The van der Waals surface area contributed by atoms with Crippen LogP contribution in [-0.4, -0.2) is 29.2 Å². The second-order valence-corrected chi connectivity index (χ2v) is 5.75. The first-order valence-electron chi connectivity index (χ1n) is 6.96. The second-order valence-electron chi connectivity index (χ2n) is 4.85. The van der Waals surface area contributed by atoms with Crippen molar-refractivity contribution in [1.82, 2.24) is 9.97 Å². The van der Waals surface area contributed by atoms with Crippen molar-refractivity contribution in [2.45, 2.75) is 38.7 Å². The topological polar surface area (TPSA) is 47.0 Å². The smallest absolute Gasteiger partial charge is 0.138 e. The zero-order chi connectivity index (χ0) is 13.1. The van der Waals surface area contributed by atoms with Gasteiger partial charge in [-0.1, -0.05) is 0 Å². The van der Waals surface area contributed by atoms with Crippen LogP contribution in [-0.2, 0) is 11.2 Å². The molecule has 4 nitrogen and oxygen atoms in total. The molecule has 19 heavy (non-hydrogen) atoms. The number of rotatable bonds is 4. The van der Waals surface area contributed by atoms with Gasteiger partial charge in [-0.2, -0.15) is 0 Å². The lowest BCUT2D eigenvalue weighted by atomic mass is 10.1. The lowest BCUT2D eigenvalue weighted by molar-refractivity contribution is 0.0157. The van der Waals surface area contributed by atoms with Crippen LogP contribution < -0.4 is 5.32 Å². The molecule has 1 saturated heterocycles. The predicted octanol–water partition coefficient (Wildman–Crippen LogP) is 3.23. The highest BCUT2D eigenvalue weighted by Gasteiger charge is 2.17. The van der Waals surface area contributed by atoms with Crippen LogP contribution in [0.3, 0.4) is 0 Å². The number of hydrogen-bond donors (Lipinski definition) is 1. The third kappa shape index (κ3) is 2.87. The monoisotopic (exact) mass is 277 g/mol. The summed E-state index contributed by atoms with van der Waals surface area (Å²) >= 11 is 1.67. The molecule has 102 valence electrons. The van der Waals surface area contributed by atoms with Crippen LogP contribution in [0.2, 0.25) is 0 Å². The van der Waals surface area contributed by atoms with E-state index in [1.54, 1.807) is 11.3 Å². The summed E-state index contributed by atoms with van der Waals surface area (Å²) in [6, 6.07) is 2.08. The van der Waals surface area contributed by atoms with E-state index in [-0.39, 0.29) is 0 Å². The van der Waals surface area contributed by atoms with E-state index in [1.165, 1.54) is 12.8 Å². The van der Waals surface area contributed by atoms with E-state index in [4.69, 9.17) is 4.74 Å². The predicted molar refractivity (Wildman–Crippen MR) is 78.9 cm³/mol. The molecule has 1 atom stereocenters. The van der Waals surface area contributed by atoms with Crippen LogP contribution in [0.25, 0.3) is 10.2 Å². The fourth-order valence-electron chi connectivity index (χ4n) is 2.47. The Labute approximate surface area is 117 Å². The Morgan fingerprint density at radius 2 is 2.37 bits per heavy atom. The molecule has 3 rings (SSSR count). The fourth-order valence-corrected chi connectivity index (χ4v) is 3.25. The highest BCUT2D eigenvalue weighted by Crippen LogP contribution is 2.26. The maximum atomic E-state index is 5.78. The molecule has 0 radical (unpaired) electrons. The van der Waals surface area contributed by atoms with Gasteiger partial charge in [0.2, 0.25) is 0 Å². The number of aromatic nitrogens is 2. The number of anilines is 1. The van der Waals surface area contributed by atoms with Gasteiger partial charge in [0.25, 0.3) is 0 Å². The Balaban J connectivity index is 1.85. The Morgan fingerprint density at radius 3 is 3.16 bits per heavy atom. The van der Waals surface area contributed by atoms with Gasteiger partial charge >= 0.3 is 0 Å². The molecule has 0 aliphatic carbocycles. The molecular weight excluding hydrogens is 258 g/mol. The lowest BCUT2D eigenvalue weighted by Crippen LogP contribution is -2.22. The van der Waals surface area contributed by atoms with Crippen molar-refractivity contribution >= 4 is 27.4 Å². The Hall–Kier alpha value is -1.20. The zero-order valence-electron chi connectivity index (χ0n) is 11.2. The van der Waals surface area contributed by atoms with Crippen molar-refractivity contribution in [2.24, 2.45) is 0 Å². The highest BCUT2D eigenvalue weighted by molar-refractivity contribution is 7.16. The summed E-state index contributed by atoms with van der Waals surface area (Å²) < 4.78 is 5.78. The summed E-state index contributed by atoms with van der Waals surface area (Å²) in [7, 11) is 0. The van der Waals surface area contributed by atoms with Crippen LogP contribution >= 0.6 is 11.3 Å². The Bertz CT molecular complexity index is 549. The van der Waals surface area contributed by atoms with E-state index in [1.807, 2.05) is 0 Å². The van der Waals surface area contributed by atoms with Gasteiger partial charge in [0.05, 0.1) is 11.5 Å². The number of hydrogen-bond acceptors (Lipinski definition) is 5. The van der Waals surface area contributed by atoms with Crippen molar-refractivity contribution in [3.05, 3.63) is 17.3 Å². The molecule has 1 aliphatic heterocycles. The van der Waals surface area contributed by atoms with E-state index in [2.05, 4.69) is 33.7 Å². The molecule has 1 fully saturated rings. The maximum absolute atomic E-state index is 5.78. The standard InChI is InChI=1S/C14H19N3OS/c1-2-15-13-11-6-8-19-14(11)17-12(16-13)9-10-5-3-4-7-18-10/h6,8,10H,2-5,7,9H2,1H3,(H,15,16,17). The quantitative estimate of drug-likeness (QED) is 0.932. The summed E-state index contributed by atoms with van der Waals surface area (Å²) in [5.41, 5.74) is 0. The van der Waals surface area contributed by atoms with Crippen molar-refractivity contribution in [1.29, 1.82) is 0 Å². The minimum absolute atomic E-state index is 0.292. The number of nitrogens with one attached hydrogen (secondary N) is 1. The molecule has 2 aromatic heterocycles. The van der Waals surface area contributed by atoms with E-state index in [0.717, 1.165) is 47.9 Å². The average molecular weight is 277 g/mol. The average Bonchev–Trinajstić information content (AvgIpc) is 2.89. The summed E-state index contributed by atoms with van der Waals surface area (Å²) in [5.74, 6) is 1.86. The first-order chi connectivity index (χ1) is 9.36. The molecular formula is C14H19N3OS. The van der Waals surface area contributed by atoms with Crippen LogP contribution in [0.4, 0.5) is 5.82 Å². The third-order valence-electron chi connectivity index (χ3n) is 3.40. The van der Waals surface area contributed by atoms with Gasteiger partial charge in [0, 0.05) is 19.6 Å². The Kier molecular flexibility index (Phi) is 3.94. The minimum Gasteiger partial charge on any atom is -0.378 e. The van der Waals surface area contributed by atoms with Crippen molar-refractivity contribution in [3.63, 3.8) is 0 Å². The first-order valence-corrected chi connectivity index (χ1v) is 7.84. The van der Waals surface area contributed by atoms with Crippen LogP contribution in [0, 0.1) is 0 Å². The summed E-state index contributed by atoms with van der Waals surface area (Å²) in [6.45, 7) is 3.84. The zero-order valence-corrected chi connectivity index (χ0v) is 12.0. The molecule has 0 aromatic carbocycles. The van der Waals surface area contributed by atoms with Crippen molar-refractivity contribution in [2.75, 3.05) is 18.5 Å². The number of fused-ring (bicyclic) bond motifs is 1. The van der Waals surface area contributed by atoms with Gasteiger partial charge in [-0.25, -0.2) is 9.97 Å². The van der Waals surface area contributed by atoms with Crippen LogP contribution in [0.1, 0.15) is 32.0 Å². The van der Waals surface area contributed by atoms with Gasteiger partial charge < -0.3 is 10.1 Å². The molecule has 0 bridgehead atoms. The maximum Gasteiger partial charge on any atom is 0.138 e. The fraction of sp³-hybridized carbons (Fsp3) is 0.571.